The van der Waals surface area contributed by atoms with Crippen LogP contribution in [-0.2, 0) is 33.1 Å². The first kappa shape index (κ1) is 14.3. The maximum atomic E-state index is 5.57. The zero-order chi connectivity index (χ0) is 12.2. The summed E-state index contributed by atoms with van der Waals surface area (Å²) in [7, 11) is 2.46. The number of hydrogen-bond acceptors (Lipinski definition) is 3. The predicted octanol–water partition coefficient (Wildman–Crippen LogP) is 2.41. The number of allylic oxidation sites excluding steroid dienone is 4. The fourth-order valence-electron chi connectivity index (χ4n) is 2.12. The van der Waals surface area contributed by atoms with Crippen LogP contribution in [0.5, 0.6) is 0 Å². The van der Waals surface area contributed by atoms with Crippen molar-refractivity contribution in [3.63, 3.8) is 0 Å². The summed E-state index contributed by atoms with van der Waals surface area (Å²) in [5, 5.41) is 0. The van der Waals surface area contributed by atoms with Crippen LogP contribution in [0, 0.1) is 0 Å². The van der Waals surface area contributed by atoms with Gasteiger partial charge in [-0.3, -0.25) is 0 Å². The Bertz CT molecular complexity index is 289. The van der Waals surface area contributed by atoms with E-state index < -0.39 is 8.80 Å². The molecule has 0 amide bonds. The molecule has 0 radical (unpaired) electrons. The van der Waals surface area contributed by atoms with E-state index >= 15 is 0 Å². The zero-order valence-electron chi connectivity index (χ0n) is 10.2. The van der Waals surface area contributed by atoms with Crippen LogP contribution in [0.1, 0.15) is 19.8 Å². The normalized spacial score (nSPS) is 18.4. The van der Waals surface area contributed by atoms with Gasteiger partial charge in [0.1, 0.15) is 0 Å². The Kier molecular flexibility index (Phi) is 5.61. The van der Waals surface area contributed by atoms with Crippen LogP contribution in [0.4, 0.5) is 0 Å². The molecule has 3 nitrogen and oxygen atoms in total. The Labute approximate surface area is 110 Å². The van der Waals surface area contributed by atoms with Crippen molar-refractivity contribution in [1.82, 2.24) is 0 Å². The second-order valence-corrected chi connectivity index (χ2v) is 8.11. The van der Waals surface area contributed by atoms with Gasteiger partial charge in [-0.2, -0.15) is 0 Å². The molecule has 0 saturated heterocycles. The van der Waals surface area contributed by atoms with Crippen molar-refractivity contribution < 1.29 is 33.1 Å². The summed E-state index contributed by atoms with van der Waals surface area (Å²) in [5.41, 5.74) is 1.56. The topological polar surface area (TPSA) is 27.7 Å². The average Bonchev–Trinajstić information content (AvgIpc) is 2.72. The minimum absolute atomic E-state index is 0.235. The van der Waals surface area contributed by atoms with Crippen molar-refractivity contribution in [1.29, 1.82) is 0 Å². The van der Waals surface area contributed by atoms with Crippen molar-refractivity contribution in [2.75, 3.05) is 21.3 Å². The molecule has 0 aromatic heterocycles. The van der Waals surface area contributed by atoms with Gasteiger partial charge >= 0.3 is 110 Å². The van der Waals surface area contributed by atoms with E-state index in [0.29, 0.717) is 0 Å². The fraction of sp³-hybridized carbons (Fsp3) is 0.636. The first-order valence-corrected chi connectivity index (χ1v) is 8.26. The molecule has 1 aliphatic carbocycles. The van der Waals surface area contributed by atoms with Crippen LogP contribution in [-0.4, -0.2) is 30.1 Å². The maximum absolute atomic E-state index is 5.57. The Morgan fingerprint density at radius 3 is 2.19 bits per heavy atom. The van der Waals surface area contributed by atoms with Crippen molar-refractivity contribution in [3.8, 4) is 0 Å². The van der Waals surface area contributed by atoms with Crippen molar-refractivity contribution in [3.05, 3.63) is 21.7 Å². The Morgan fingerprint density at radius 2 is 1.88 bits per heavy atom. The van der Waals surface area contributed by atoms with Gasteiger partial charge in [0.15, 0.2) is 0 Å². The third-order valence-electron chi connectivity index (χ3n) is 2.94. The summed E-state index contributed by atoms with van der Waals surface area (Å²) in [6.45, 7) is 2.15. The van der Waals surface area contributed by atoms with E-state index in [1.165, 1.54) is 9.54 Å². The molecule has 0 aliphatic heterocycles. The predicted molar refractivity (Wildman–Crippen MR) is 61.6 cm³/mol. The Hall–Kier alpha value is 0.265. The molecule has 0 aromatic rings. The molecule has 0 fully saturated rings. The van der Waals surface area contributed by atoms with E-state index in [1.807, 2.05) is 0 Å². The number of rotatable bonds is 6. The van der Waals surface area contributed by atoms with Crippen molar-refractivity contribution in [2.24, 2.45) is 0 Å². The standard InChI is InChI=1S/C11H19O3Si.Pt/c1-5-11(10-8-6-7-9-10)15(12-2,13-3)14-4;/h6,8,11H,5,7H2,1-4H3;. The van der Waals surface area contributed by atoms with Gasteiger partial charge in [-0.15, -0.1) is 0 Å². The fourth-order valence-corrected chi connectivity index (χ4v) is 5.78. The summed E-state index contributed by atoms with van der Waals surface area (Å²) in [5.74, 6) is 0. The second-order valence-electron chi connectivity index (χ2n) is 3.61. The van der Waals surface area contributed by atoms with Gasteiger partial charge in [-0.05, 0) is 0 Å². The third kappa shape index (κ3) is 2.57. The monoisotopic (exact) mass is 422 g/mol. The van der Waals surface area contributed by atoms with Gasteiger partial charge in [0.05, 0.1) is 0 Å². The molecule has 0 heterocycles. The molecule has 0 N–H and O–H groups in total. The summed E-state index contributed by atoms with van der Waals surface area (Å²) < 4.78 is 18.1. The summed E-state index contributed by atoms with van der Waals surface area (Å²) in [4.78, 5) is 0. The molecular formula is C11H19O3PtSi. The van der Waals surface area contributed by atoms with Crippen LogP contribution in [0.2, 0.25) is 5.54 Å². The molecule has 0 saturated carbocycles. The van der Waals surface area contributed by atoms with Gasteiger partial charge in [-0.25, -0.2) is 0 Å². The van der Waals surface area contributed by atoms with E-state index in [-0.39, 0.29) is 5.54 Å². The minimum atomic E-state index is -2.57. The summed E-state index contributed by atoms with van der Waals surface area (Å²) in [6, 6.07) is 0. The zero-order valence-corrected chi connectivity index (χ0v) is 13.5. The molecule has 1 rings (SSSR count). The molecule has 0 bridgehead atoms. The Morgan fingerprint density at radius 1 is 1.31 bits per heavy atom. The van der Waals surface area contributed by atoms with Gasteiger partial charge in [0, 0.05) is 0 Å². The van der Waals surface area contributed by atoms with Gasteiger partial charge < -0.3 is 0 Å². The van der Waals surface area contributed by atoms with Crippen LogP contribution in [0.3, 0.4) is 0 Å². The third-order valence-corrected chi connectivity index (χ3v) is 7.34. The van der Waals surface area contributed by atoms with Crippen molar-refractivity contribution >= 4 is 8.80 Å². The quantitative estimate of drug-likeness (QED) is 0.616. The molecule has 1 aliphatic rings. The van der Waals surface area contributed by atoms with E-state index in [1.54, 1.807) is 21.3 Å². The van der Waals surface area contributed by atoms with Crippen LogP contribution in [0.15, 0.2) is 21.7 Å². The van der Waals surface area contributed by atoms with Crippen molar-refractivity contribution in [2.45, 2.75) is 25.3 Å². The molecule has 0 spiro atoms. The molecule has 95 valence electrons. The number of hydrogen-bond donors (Lipinski definition) is 0. The SMILES string of the molecule is CCC(C1=[C]([Pt])CC=C1)[Si](OC)(OC)OC. The molecular weight excluding hydrogens is 403 g/mol. The van der Waals surface area contributed by atoms with E-state index in [9.17, 15) is 0 Å². The van der Waals surface area contributed by atoms with Gasteiger partial charge in [0.25, 0.3) is 0 Å². The molecule has 5 heteroatoms. The first-order valence-electron chi connectivity index (χ1n) is 5.32. The molecule has 0 aromatic carbocycles. The van der Waals surface area contributed by atoms with Gasteiger partial charge in [0.2, 0.25) is 0 Å². The molecule has 1 unspecified atom stereocenters. The van der Waals surface area contributed by atoms with Crippen LogP contribution >= 0.6 is 0 Å². The molecule has 16 heavy (non-hydrogen) atoms. The van der Waals surface area contributed by atoms with E-state index in [4.69, 9.17) is 13.3 Å². The van der Waals surface area contributed by atoms with E-state index in [0.717, 1.165) is 12.8 Å². The van der Waals surface area contributed by atoms with Gasteiger partial charge in [-0.1, -0.05) is 0 Å². The van der Waals surface area contributed by atoms with E-state index in [2.05, 4.69) is 38.9 Å². The summed E-state index contributed by atoms with van der Waals surface area (Å²) in [6.07, 6.45) is 6.35. The average molecular weight is 422 g/mol. The summed E-state index contributed by atoms with van der Waals surface area (Å²) >= 11 is 2.38. The Balaban J connectivity index is 3.04. The van der Waals surface area contributed by atoms with Crippen LogP contribution in [0.25, 0.3) is 0 Å². The second kappa shape index (κ2) is 6.27. The van der Waals surface area contributed by atoms with Crippen LogP contribution < -0.4 is 0 Å². The first-order chi connectivity index (χ1) is 7.65. The molecule has 1 atom stereocenters.